The van der Waals surface area contributed by atoms with E-state index in [1.807, 2.05) is 18.7 Å². The lowest BCUT2D eigenvalue weighted by atomic mass is 9.49. The van der Waals surface area contributed by atoms with E-state index in [0.717, 1.165) is 67.2 Å². The number of carbonyl (C=O) groups is 1. The largest absolute Gasteiger partial charge is 0.337 e. The number of aromatic nitrogens is 3. The third kappa shape index (κ3) is 3.75. The minimum absolute atomic E-state index is 0. The minimum atomic E-state index is -0.142. The first-order chi connectivity index (χ1) is 15.1. The van der Waals surface area contributed by atoms with Crippen molar-refractivity contribution in [1.29, 1.82) is 0 Å². The summed E-state index contributed by atoms with van der Waals surface area (Å²) in [4.78, 5) is 25.4. The van der Waals surface area contributed by atoms with E-state index < -0.39 is 0 Å². The van der Waals surface area contributed by atoms with E-state index in [1.165, 1.54) is 29.5 Å². The molecule has 4 fully saturated rings. The number of carbonyl (C=O) groups excluding carboxylic acids is 1. The van der Waals surface area contributed by atoms with Crippen molar-refractivity contribution in [3.8, 4) is 0 Å². The Morgan fingerprint density at radius 1 is 1.19 bits per heavy atom. The molecule has 0 N–H and O–H groups in total. The van der Waals surface area contributed by atoms with Crippen LogP contribution in [-0.2, 0) is 11.3 Å². The summed E-state index contributed by atoms with van der Waals surface area (Å²) in [5.74, 6) is 2.65. The highest BCUT2D eigenvalue weighted by Crippen LogP contribution is 2.60. The molecule has 0 atom stereocenters. The minimum Gasteiger partial charge on any atom is -0.337 e. The molecule has 4 saturated carbocycles. The Morgan fingerprint density at radius 3 is 2.53 bits per heavy atom. The van der Waals surface area contributed by atoms with Gasteiger partial charge in [0.15, 0.2) is 5.13 Å². The van der Waals surface area contributed by atoms with Crippen LogP contribution in [-0.4, -0.2) is 27.0 Å². The van der Waals surface area contributed by atoms with Gasteiger partial charge in [0, 0.05) is 25.5 Å². The van der Waals surface area contributed by atoms with Gasteiger partial charge in [0.2, 0.25) is 5.91 Å². The van der Waals surface area contributed by atoms with Crippen LogP contribution in [0.3, 0.4) is 0 Å². The first-order valence-corrected chi connectivity index (χ1v) is 12.6. The van der Waals surface area contributed by atoms with Crippen molar-refractivity contribution < 1.29 is 4.79 Å². The lowest BCUT2D eigenvalue weighted by Crippen LogP contribution is -2.55. The number of anilines is 1. The second-order valence-electron chi connectivity index (χ2n) is 10.2. The molecule has 0 saturated heterocycles. The van der Waals surface area contributed by atoms with Crippen molar-refractivity contribution in [1.82, 2.24) is 14.5 Å². The van der Waals surface area contributed by atoms with Gasteiger partial charge in [-0.1, -0.05) is 23.5 Å². The molecule has 0 radical (unpaired) electrons. The number of nitrogens with zero attached hydrogens (tertiary/aromatic N) is 4. The van der Waals surface area contributed by atoms with Crippen LogP contribution in [0.1, 0.15) is 50.5 Å². The molecule has 4 aliphatic rings. The summed E-state index contributed by atoms with van der Waals surface area (Å²) < 4.78 is 3.27. The Kier molecular flexibility index (Phi) is 5.79. The zero-order valence-corrected chi connectivity index (χ0v) is 20.2. The highest BCUT2D eigenvalue weighted by atomic mass is 35.5. The number of hydrogen-bond acceptors (Lipinski definition) is 4. The molecule has 1 aromatic carbocycles. The number of imidazole rings is 1. The Balaban J connectivity index is 0.00000216. The van der Waals surface area contributed by atoms with E-state index in [9.17, 15) is 4.79 Å². The SMILES string of the molecule is Cc1cccc2sc(N(CCCn3ccnc3)C(=O)C34CC5CC(CC(C5)C3)C4)nc12.Cl. The molecule has 4 bridgehead atoms. The molecule has 170 valence electrons. The van der Waals surface area contributed by atoms with Gasteiger partial charge in [-0.2, -0.15) is 0 Å². The van der Waals surface area contributed by atoms with Crippen LogP contribution in [0, 0.1) is 30.1 Å². The number of halogens is 1. The fraction of sp³-hybridized carbons (Fsp3) is 0.560. The smallest absolute Gasteiger partial charge is 0.235 e. The number of benzene rings is 1. The normalized spacial score (nSPS) is 28.1. The van der Waals surface area contributed by atoms with E-state index in [1.54, 1.807) is 11.3 Å². The maximum absolute atomic E-state index is 14.2. The average Bonchev–Trinajstić information content (AvgIpc) is 3.40. The van der Waals surface area contributed by atoms with Crippen LogP contribution in [0.5, 0.6) is 0 Å². The predicted octanol–water partition coefficient (Wildman–Crippen LogP) is 5.86. The van der Waals surface area contributed by atoms with Gasteiger partial charge in [-0.3, -0.25) is 9.69 Å². The van der Waals surface area contributed by atoms with Crippen molar-refractivity contribution in [2.24, 2.45) is 23.2 Å². The highest BCUT2D eigenvalue weighted by molar-refractivity contribution is 7.22. The molecule has 1 amide bonds. The predicted molar refractivity (Wildman–Crippen MR) is 131 cm³/mol. The summed E-state index contributed by atoms with van der Waals surface area (Å²) in [6.45, 7) is 3.70. The van der Waals surface area contributed by atoms with Crippen LogP contribution in [0.25, 0.3) is 10.2 Å². The van der Waals surface area contributed by atoms with Gasteiger partial charge in [-0.05, 0) is 81.3 Å². The van der Waals surface area contributed by atoms with E-state index in [-0.39, 0.29) is 17.8 Å². The fourth-order valence-corrected chi connectivity index (χ4v) is 8.03. The molecule has 0 unspecified atom stereocenters. The Labute approximate surface area is 199 Å². The number of fused-ring (bicyclic) bond motifs is 1. The molecule has 3 aromatic rings. The maximum Gasteiger partial charge on any atom is 0.235 e. The Morgan fingerprint density at radius 2 is 1.91 bits per heavy atom. The zero-order chi connectivity index (χ0) is 21.0. The number of thiazole rings is 1. The van der Waals surface area contributed by atoms with Crippen LogP contribution in [0.2, 0.25) is 0 Å². The van der Waals surface area contributed by atoms with Gasteiger partial charge in [0.1, 0.15) is 0 Å². The number of para-hydroxylation sites is 1. The third-order valence-corrected chi connectivity index (χ3v) is 8.98. The third-order valence-electron chi connectivity index (χ3n) is 7.93. The standard InChI is InChI=1S/C25H30N4OS.ClH/c1-17-4-2-5-21-22(17)27-24(31-21)29(8-3-7-28-9-6-26-16-28)23(30)25-13-18-10-19(14-25)12-20(11-18)15-25;/h2,4-6,9,16,18-20H,3,7-8,10-15H2,1H3;1H. The summed E-state index contributed by atoms with van der Waals surface area (Å²) >= 11 is 1.67. The second-order valence-corrected chi connectivity index (χ2v) is 11.2. The zero-order valence-electron chi connectivity index (χ0n) is 18.6. The molecule has 2 aromatic heterocycles. The van der Waals surface area contributed by atoms with Gasteiger partial charge in [-0.25, -0.2) is 9.97 Å². The quantitative estimate of drug-likeness (QED) is 0.453. The van der Waals surface area contributed by atoms with Gasteiger partial charge < -0.3 is 4.57 Å². The van der Waals surface area contributed by atoms with Crippen molar-refractivity contribution >= 4 is 45.0 Å². The molecule has 7 heteroatoms. The van der Waals surface area contributed by atoms with E-state index in [2.05, 4.69) is 39.6 Å². The summed E-state index contributed by atoms with van der Waals surface area (Å²) in [6.07, 6.45) is 13.9. The molecule has 2 heterocycles. The summed E-state index contributed by atoms with van der Waals surface area (Å²) in [7, 11) is 0. The number of hydrogen-bond donors (Lipinski definition) is 0. The molecular weight excluding hydrogens is 440 g/mol. The van der Waals surface area contributed by atoms with Crippen molar-refractivity contribution in [3.05, 3.63) is 42.5 Å². The van der Waals surface area contributed by atoms with Crippen molar-refractivity contribution in [3.63, 3.8) is 0 Å². The molecule has 5 nitrogen and oxygen atoms in total. The Hall–Kier alpha value is -1.92. The van der Waals surface area contributed by atoms with Crippen LogP contribution >= 0.6 is 23.7 Å². The monoisotopic (exact) mass is 470 g/mol. The van der Waals surface area contributed by atoms with E-state index in [0.29, 0.717) is 5.91 Å². The molecule has 0 spiro atoms. The van der Waals surface area contributed by atoms with Gasteiger partial charge in [-0.15, -0.1) is 12.4 Å². The summed E-state index contributed by atoms with van der Waals surface area (Å²) in [5.41, 5.74) is 2.08. The second kappa shape index (κ2) is 8.45. The number of amides is 1. The van der Waals surface area contributed by atoms with E-state index in [4.69, 9.17) is 4.98 Å². The maximum atomic E-state index is 14.2. The fourth-order valence-electron chi connectivity index (χ4n) is 6.96. The van der Waals surface area contributed by atoms with Crippen LogP contribution < -0.4 is 4.90 Å². The molecule has 7 rings (SSSR count). The molecule has 4 aliphatic carbocycles. The van der Waals surface area contributed by atoms with Crippen LogP contribution in [0.4, 0.5) is 5.13 Å². The number of aryl methyl sites for hydroxylation is 2. The topological polar surface area (TPSA) is 51.0 Å². The Bertz CT molecular complexity index is 1070. The van der Waals surface area contributed by atoms with Crippen molar-refractivity contribution in [2.45, 2.75) is 58.4 Å². The van der Waals surface area contributed by atoms with Gasteiger partial charge in [0.25, 0.3) is 0 Å². The van der Waals surface area contributed by atoms with Crippen LogP contribution in [0.15, 0.2) is 36.9 Å². The lowest BCUT2D eigenvalue weighted by Gasteiger charge is -2.56. The van der Waals surface area contributed by atoms with Gasteiger partial charge >= 0.3 is 0 Å². The van der Waals surface area contributed by atoms with Gasteiger partial charge in [0.05, 0.1) is 22.0 Å². The average molecular weight is 471 g/mol. The number of rotatable bonds is 6. The molecular formula is C25H31ClN4OS. The summed E-state index contributed by atoms with van der Waals surface area (Å²) in [5, 5.41) is 0.885. The first kappa shape index (κ1) is 21.9. The molecule has 32 heavy (non-hydrogen) atoms. The lowest BCUT2D eigenvalue weighted by molar-refractivity contribution is -0.143. The molecule has 0 aliphatic heterocycles. The first-order valence-electron chi connectivity index (χ1n) is 11.7. The highest BCUT2D eigenvalue weighted by Gasteiger charge is 2.55. The summed E-state index contributed by atoms with van der Waals surface area (Å²) in [6, 6.07) is 6.32. The van der Waals surface area contributed by atoms with E-state index >= 15 is 0 Å². The van der Waals surface area contributed by atoms with Crippen molar-refractivity contribution in [2.75, 3.05) is 11.4 Å².